The van der Waals surface area contributed by atoms with Gasteiger partial charge in [0.2, 0.25) is 0 Å². The van der Waals surface area contributed by atoms with Crippen LogP contribution in [0, 0.1) is 5.92 Å². The first-order valence-corrected chi connectivity index (χ1v) is 7.28. The molecule has 0 aliphatic carbocycles. The zero-order valence-electron chi connectivity index (χ0n) is 12.5. The molecule has 2 aromatic rings. The summed E-state index contributed by atoms with van der Waals surface area (Å²) in [6.45, 7) is 7.73. The highest BCUT2D eigenvalue weighted by molar-refractivity contribution is 5.75. The van der Waals surface area contributed by atoms with Gasteiger partial charge in [0, 0.05) is 19.0 Å². The lowest BCUT2D eigenvalue weighted by atomic mass is 10.0. The fourth-order valence-electron chi connectivity index (χ4n) is 2.58. The summed E-state index contributed by atoms with van der Waals surface area (Å²) in [6.07, 6.45) is 2.18. The Labute approximate surface area is 116 Å². The van der Waals surface area contributed by atoms with E-state index in [0.29, 0.717) is 12.0 Å². The van der Waals surface area contributed by atoms with Gasteiger partial charge in [-0.25, -0.2) is 4.98 Å². The third-order valence-electron chi connectivity index (χ3n) is 3.76. The SMILES string of the molecule is CCCc1nc2ccccc2n1CC(NC)C(C)C. The van der Waals surface area contributed by atoms with Crippen molar-refractivity contribution in [2.75, 3.05) is 7.05 Å². The van der Waals surface area contributed by atoms with E-state index in [1.54, 1.807) is 0 Å². The normalized spacial score (nSPS) is 13.3. The number of likely N-dealkylation sites (N-methyl/N-ethyl adjacent to an activating group) is 1. The number of hydrogen-bond acceptors (Lipinski definition) is 2. The monoisotopic (exact) mass is 259 g/mol. The quantitative estimate of drug-likeness (QED) is 0.863. The predicted octanol–water partition coefficient (Wildman–Crippen LogP) is 3.23. The summed E-state index contributed by atoms with van der Waals surface area (Å²) < 4.78 is 2.39. The standard InChI is InChI=1S/C16H25N3/c1-5-8-16-18-13-9-6-7-10-15(13)19(16)11-14(17-4)12(2)3/h6-7,9-10,12,14,17H,5,8,11H2,1-4H3. The molecule has 0 spiro atoms. The molecule has 0 saturated carbocycles. The lowest BCUT2D eigenvalue weighted by molar-refractivity contribution is 0.377. The molecule has 0 amide bonds. The van der Waals surface area contributed by atoms with E-state index in [1.807, 2.05) is 7.05 Å². The Balaban J connectivity index is 2.40. The number of fused-ring (bicyclic) bond motifs is 1. The van der Waals surface area contributed by atoms with E-state index in [9.17, 15) is 0 Å². The first kappa shape index (κ1) is 14.1. The summed E-state index contributed by atoms with van der Waals surface area (Å²) in [5, 5.41) is 3.43. The van der Waals surface area contributed by atoms with Crippen molar-refractivity contribution < 1.29 is 0 Å². The molecular weight excluding hydrogens is 234 g/mol. The molecule has 0 fully saturated rings. The molecule has 0 aliphatic rings. The van der Waals surface area contributed by atoms with Gasteiger partial charge in [0.05, 0.1) is 11.0 Å². The highest BCUT2D eigenvalue weighted by Crippen LogP contribution is 2.19. The van der Waals surface area contributed by atoms with E-state index < -0.39 is 0 Å². The largest absolute Gasteiger partial charge is 0.326 e. The molecule has 3 nitrogen and oxygen atoms in total. The van der Waals surface area contributed by atoms with Crippen LogP contribution in [0.25, 0.3) is 11.0 Å². The van der Waals surface area contributed by atoms with Crippen LogP contribution in [0.3, 0.4) is 0 Å². The molecular formula is C16H25N3. The Morgan fingerprint density at radius 1 is 1.26 bits per heavy atom. The summed E-state index contributed by atoms with van der Waals surface area (Å²) in [7, 11) is 2.04. The average molecular weight is 259 g/mol. The fourth-order valence-corrected chi connectivity index (χ4v) is 2.58. The fraction of sp³-hybridized carbons (Fsp3) is 0.562. The van der Waals surface area contributed by atoms with Gasteiger partial charge in [0.15, 0.2) is 0 Å². The summed E-state index contributed by atoms with van der Waals surface area (Å²) in [4.78, 5) is 4.78. The molecule has 1 heterocycles. The number of rotatable bonds is 6. The molecule has 2 rings (SSSR count). The molecule has 1 N–H and O–H groups in total. The van der Waals surface area contributed by atoms with Gasteiger partial charge < -0.3 is 9.88 Å². The minimum absolute atomic E-state index is 0.480. The van der Waals surface area contributed by atoms with Crippen molar-refractivity contribution in [1.82, 2.24) is 14.9 Å². The van der Waals surface area contributed by atoms with Crippen molar-refractivity contribution in [3.05, 3.63) is 30.1 Å². The second-order valence-corrected chi connectivity index (χ2v) is 5.52. The summed E-state index contributed by atoms with van der Waals surface area (Å²) in [5.41, 5.74) is 2.37. The number of hydrogen-bond donors (Lipinski definition) is 1. The van der Waals surface area contributed by atoms with E-state index >= 15 is 0 Å². The molecule has 3 heteroatoms. The van der Waals surface area contributed by atoms with Crippen molar-refractivity contribution in [3.8, 4) is 0 Å². The van der Waals surface area contributed by atoms with Gasteiger partial charge in [-0.1, -0.05) is 32.9 Å². The molecule has 0 aliphatic heterocycles. The Hall–Kier alpha value is -1.35. The van der Waals surface area contributed by atoms with Crippen LogP contribution in [0.5, 0.6) is 0 Å². The number of para-hydroxylation sites is 2. The van der Waals surface area contributed by atoms with Gasteiger partial charge >= 0.3 is 0 Å². The number of benzene rings is 1. The maximum Gasteiger partial charge on any atom is 0.109 e. The maximum absolute atomic E-state index is 4.78. The summed E-state index contributed by atoms with van der Waals surface area (Å²) in [5.74, 6) is 1.82. The number of nitrogens with zero attached hydrogens (tertiary/aromatic N) is 2. The van der Waals surface area contributed by atoms with Crippen LogP contribution in [0.4, 0.5) is 0 Å². The second-order valence-electron chi connectivity index (χ2n) is 5.52. The van der Waals surface area contributed by atoms with Gasteiger partial charge in [-0.05, 0) is 31.5 Å². The third-order valence-corrected chi connectivity index (χ3v) is 3.76. The highest BCUT2D eigenvalue weighted by atomic mass is 15.1. The summed E-state index contributed by atoms with van der Waals surface area (Å²) >= 11 is 0. The van der Waals surface area contributed by atoms with Crippen molar-refractivity contribution in [3.63, 3.8) is 0 Å². The first-order valence-electron chi connectivity index (χ1n) is 7.28. The van der Waals surface area contributed by atoms with E-state index in [4.69, 9.17) is 4.98 Å². The zero-order valence-corrected chi connectivity index (χ0v) is 12.5. The van der Waals surface area contributed by atoms with E-state index in [-0.39, 0.29) is 0 Å². The molecule has 1 aromatic heterocycles. The maximum atomic E-state index is 4.78. The molecule has 0 bridgehead atoms. The topological polar surface area (TPSA) is 29.9 Å². The van der Waals surface area contributed by atoms with Gasteiger partial charge in [-0.2, -0.15) is 0 Å². The Morgan fingerprint density at radius 3 is 2.63 bits per heavy atom. The van der Waals surface area contributed by atoms with Gasteiger partial charge in [0.25, 0.3) is 0 Å². The molecule has 104 valence electrons. The van der Waals surface area contributed by atoms with Crippen LogP contribution in [0.1, 0.15) is 33.0 Å². The molecule has 1 unspecified atom stereocenters. The minimum Gasteiger partial charge on any atom is -0.326 e. The molecule has 0 saturated heterocycles. The highest BCUT2D eigenvalue weighted by Gasteiger charge is 2.16. The van der Waals surface area contributed by atoms with Gasteiger partial charge in [0.1, 0.15) is 5.82 Å². The van der Waals surface area contributed by atoms with E-state index in [1.165, 1.54) is 11.3 Å². The van der Waals surface area contributed by atoms with Crippen LogP contribution in [-0.4, -0.2) is 22.6 Å². The van der Waals surface area contributed by atoms with Gasteiger partial charge in [-0.15, -0.1) is 0 Å². The van der Waals surface area contributed by atoms with Crippen LogP contribution < -0.4 is 5.32 Å². The predicted molar refractivity (Wildman–Crippen MR) is 81.4 cm³/mol. The van der Waals surface area contributed by atoms with E-state index in [2.05, 4.69) is 54.9 Å². The third kappa shape index (κ3) is 2.98. The smallest absolute Gasteiger partial charge is 0.109 e. The molecule has 19 heavy (non-hydrogen) atoms. The number of aryl methyl sites for hydroxylation is 1. The Morgan fingerprint density at radius 2 is 2.00 bits per heavy atom. The lowest BCUT2D eigenvalue weighted by Gasteiger charge is -2.22. The first-order chi connectivity index (χ1) is 9.17. The lowest BCUT2D eigenvalue weighted by Crippen LogP contribution is -2.35. The average Bonchev–Trinajstić information content (AvgIpc) is 2.73. The Bertz CT molecular complexity index is 528. The van der Waals surface area contributed by atoms with Crippen LogP contribution in [0.15, 0.2) is 24.3 Å². The van der Waals surface area contributed by atoms with E-state index in [0.717, 1.165) is 24.9 Å². The van der Waals surface area contributed by atoms with Gasteiger partial charge in [-0.3, -0.25) is 0 Å². The second kappa shape index (κ2) is 6.20. The molecule has 0 radical (unpaired) electrons. The zero-order chi connectivity index (χ0) is 13.8. The van der Waals surface area contributed by atoms with Crippen LogP contribution in [-0.2, 0) is 13.0 Å². The van der Waals surface area contributed by atoms with Crippen molar-refractivity contribution in [1.29, 1.82) is 0 Å². The number of aromatic nitrogens is 2. The molecule has 1 aromatic carbocycles. The summed E-state index contributed by atoms with van der Waals surface area (Å²) in [6, 6.07) is 8.92. The number of nitrogens with one attached hydrogen (secondary N) is 1. The minimum atomic E-state index is 0.480. The van der Waals surface area contributed by atoms with Crippen LogP contribution >= 0.6 is 0 Å². The van der Waals surface area contributed by atoms with Crippen molar-refractivity contribution in [2.24, 2.45) is 5.92 Å². The Kier molecular flexibility index (Phi) is 4.59. The number of imidazole rings is 1. The van der Waals surface area contributed by atoms with Crippen LogP contribution in [0.2, 0.25) is 0 Å². The van der Waals surface area contributed by atoms with Crippen molar-refractivity contribution >= 4 is 11.0 Å². The van der Waals surface area contributed by atoms with Crippen molar-refractivity contribution in [2.45, 2.75) is 46.2 Å². The molecule has 1 atom stereocenters.